The number of para-hydroxylation sites is 1. The number of benzene rings is 1. The largest absolute Gasteiger partial charge is 0.465 e. The quantitative estimate of drug-likeness (QED) is 0.167. The van der Waals surface area contributed by atoms with E-state index in [9.17, 15) is 4.79 Å². The number of methoxy groups -OCH3 is 1. The van der Waals surface area contributed by atoms with Crippen LogP contribution in [0.15, 0.2) is 23.3 Å². The van der Waals surface area contributed by atoms with Crippen LogP contribution < -0.4 is 5.73 Å². The van der Waals surface area contributed by atoms with Crippen LogP contribution in [0.4, 0.5) is 5.69 Å². The molecule has 18 heavy (non-hydrogen) atoms. The van der Waals surface area contributed by atoms with Crippen LogP contribution in [-0.4, -0.2) is 19.6 Å². The van der Waals surface area contributed by atoms with Gasteiger partial charge in [-0.1, -0.05) is 23.0 Å². The number of hydrogen-bond acceptors (Lipinski definition) is 4. The Bertz CT molecular complexity index is 551. The molecule has 1 aromatic rings. The summed E-state index contributed by atoms with van der Waals surface area (Å²) in [4.78, 5) is 14.0. The van der Waals surface area contributed by atoms with Gasteiger partial charge in [-0.15, -0.1) is 0 Å². The lowest BCUT2D eigenvalue weighted by atomic mass is 10.1. The molecule has 0 unspecified atom stereocenters. The predicted octanol–water partition coefficient (Wildman–Crippen LogP) is 2.11. The summed E-state index contributed by atoms with van der Waals surface area (Å²) >= 11 is 0. The molecule has 0 heterocycles. The van der Waals surface area contributed by atoms with Crippen LogP contribution in [0, 0.1) is 11.8 Å². The van der Waals surface area contributed by atoms with Gasteiger partial charge in [-0.2, -0.15) is 0 Å². The first-order valence-corrected chi connectivity index (χ1v) is 5.17. The molecule has 0 aliphatic rings. The molecule has 0 aliphatic carbocycles. The number of nitrogens with two attached hydrogens (primary N) is 1. The summed E-state index contributed by atoms with van der Waals surface area (Å²) < 4.78 is 4.61. The Balaban J connectivity index is 2.90. The molecule has 6 heteroatoms. The van der Waals surface area contributed by atoms with Crippen molar-refractivity contribution in [3.63, 3.8) is 0 Å². The second-order valence-corrected chi connectivity index (χ2v) is 3.26. The zero-order valence-corrected chi connectivity index (χ0v) is 9.88. The van der Waals surface area contributed by atoms with Crippen molar-refractivity contribution < 1.29 is 9.53 Å². The molecule has 2 N–H and O–H groups in total. The summed E-state index contributed by atoms with van der Waals surface area (Å²) in [6.45, 7) is 0.306. The second kappa shape index (κ2) is 6.84. The Hall–Kier alpha value is -2.64. The van der Waals surface area contributed by atoms with Crippen LogP contribution in [0.5, 0.6) is 0 Å². The molecule has 6 nitrogen and oxygen atoms in total. The normalized spacial score (nSPS) is 8.72. The first-order valence-electron chi connectivity index (χ1n) is 5.17. The lowest BCUT2D eigenvalue weighted by Crippen LogP contribution is -2.06. The van der Waals surface area contributed by atoms with Gasteiger partial charge in [0.1, 0.15) is 0 Å². The van der Waals surface area contributed by atoms with E-state index >= 15 is 0 Å². The molecule has 0 bridgehead atoms. The molecule has 0 spiro atoms. The molecule has 0 fully saturated rings. The van der Waals surface area contributed by atoms with Crippen molar-refractivity contribution in [3.05, 3.63) is 39.8 Å². The molecule has 0 amide bonds. The maximum Gasteiger partial charge on any atom is 0.339 e. The Morgan fingerprint density at radius 3 is 3.06 bits per heavy atom. The van der Waals surface area contributed by atoms with E-state index in [1.807, 2.05) is 0 Å². The maximum absolute atomic E-state index is 11.4. The molecule has 0 aromatic heterocycles. The Labute approximate surface area is 104 Å². The highest BCUT2D eigenvalue weighted by Crippen LogP contribution is 2.17. The summed E-state index contributed by atoms with van der Waals surface area (Å²) in [6.07, 6.45) is 0.436. The van der Waals surface area contributed by atoms with E-state index in [0.29, 0.717) is 29.8 Å². The number of azide groups is 1. The standard InChI is InChI=1S/C12H12N4O2/c1-18-12(17)10-7-4-6-9(11(10)13)5-2-3-8-15-16-14/h4,6-7H,3,8,13H2,1H3. The van der Waals surface area contributed by atoms with Crippen molar-refractivity contribution in [3.8, 4) is 11.8 Å². The Kier molecular flexibility index (Phi) is 5.10. The third kappa shape index (κ3) is 3.44. The van der Waals surface area contributed by atoms with Gasteiger partial charge < -0.3 is 10.5 Å². The number of hydrogen-bond donors (Lipinski definition) is 1. The first-order chi connectivity index (χ1) is 8.70. The summed E-state index contributed by atoms with van der Waals surface area (Å²) in [5, 5.41) is 3.36. The van der Waals surface area contributed by atoms with Gasteiger partial charge in [0.2, 0.25) is 0 Å². The monoisotopic (exact) mass is 244 g/mol. The van der Waals surface area contributed by atoms with E-state index in [-0.39, 0.29) is 0 Å². The lowest BCUT2D eigenvalue weighted by Gasteiger charge is -2.04. The van der Waals surface area contributed by atoms with E-state index in [0.717, 1.165) is 0 Å². The molecule has 0 saturated carbocycles. The number of anilines is 1. The van der Waals surface area contributed by atoms with Crippen LogP contribution in [0.1, 0.15) is 22.3 Å². The van der Waals surface area contributed by atoms with Crippen molar-refractivity contribution in [1.82, 2.24) is 0 Å². The number of rotatable bonds is 3. The van der Waals surface area contributed by atoms with E-state index in [1.54, 1.807) is 18.2 Å². The van der Waals surface area contributed by atoms with Gasteiger partial charge in [0.25, 0.3) is 0 Å². The third-order valence-corrected chi connectivity index (χ3v) is 2.13. The van der Waals surface area contributed by atoms with Gasteiger partial charge >= 0.3 is 5.97 Å². The molecule has 92 valence electrons. The number of carbonyl (C=O) groups excluding carboxylic acids is 1. The van der Waals surface area contributed by atoms with Gasteiger partial charge in [0.05, 0.1) is 18.4 Å². The van der Waals surface area contributed by atoms with Crippen molar-refractivity contribution in [2.45, 2.75) is 6.42 Å². The topological polar surface area (TPSA) is 101 Å². The molecule has 0 atom stereocenters. The number of nitrogen functional groups attached to an aromatic ring is 1. The molecule has 1 aromatic carbocycles. The molecular formula is C12H12N4O2. The number of ether oxygens (including phenoxy) is 1. The zero-order chi connectivity index (χ0) is 13.4. The minimum Gasteiger partial charge on any atom is -0.465 e. The maximum atomic E-state index is 11.4. The number of nitrogens with zero attached hydrogens (tertiary/aromatic N) is 3. The van der Waals surface area contributed by atoms with Gasteiger partial charge in [-0.25, -0.2) is 4.79 Å². The number of esters is 1. The molecule has 0 aliphatic heterocycles. The molecule has 1 rings (SSSR count). The zero-order valence-electron chi connectivity index (χ0n) is 9.88. The summed E-state index contributed by atoms with van der Waals surface area (Å²) in [5.74, 6) is 5.14. The van der Waals surface area contributed by atoms with Crippen LogP contribution in [0.25, 0.3) is 10.4 Å². The third-order valence-electron chi connectivity index (χ3n) is 2.13. The van der Waals surface area contributed by atoms with Crippen LogP contribution in [0.2, 0.25) is 0 Å². The van der Waals surface area contributed by atoms with Crippen LogP contribution in [-0.2, 0) is 4.74 Å². The second-order valence-electron chi connectivity index (χ2n) is 3.26. The minimum atomic E-state index is -0.495. The first kappa shape index (κ1) is 13.4. The van der Waals surface area contributed by atoms with Gasteiger partial charge in [0.15, 0.2) is 0 Å². The van der Waals surface area contributed by atoms with Crippen molar-refractivity contribution >= 4 is 11.7 Å². The highest BCUT2D eigenvalue weighted by molar-refractivity contribution is 5.96. The Morgan fingerprint density at radius 1 is 1.61 bits per heavy atom. The average Bonchev–Trinajstić information content (AvgIpc) is 2.39. The predicted molar refractivity (Wildman–Crippen MR) is 67.7 cm³/mol. The van der Waals surface area contributed by atoms with Crippen LogP contribution >= 0.6 is 0 Å². The summed E-state index contributed by atoms with van der Waals surface area (Å²) in [6, 6.07) is 4.97. The van der Waals surface area contributed by atoms with Crippen molar-refractivity contribution in [2.75, 3.05) is 19.4 Å². The fraction of sp³-hybridized carbons (Fsp3) is 0.250. The SMILES string of the molecule is COC(=O)c1cccc(C#CCCN=[N+]=[N-])c1N. The van der Waals surface area contributed by atoms with Gasteiger partial charge in [-0.05, 0) is 17.7 Å². The van der Waals surface area contributed by atoms with Crippen molar-refractivity contribution in [1.29, 1.82) is 0 Å². The van der Waals surface area contributed by atoms with E-state index in [2.05, 4.69) is 26.6 Å². The van der Waals surface area contributed by atoms with E-state index in [1.165, 1.54) is 7.11 Å². The van der Waals surface area contributed by atoms with Crippen molar-refractivity contribution in [2.24, 2.45) is 5.11 Å². The summed E-state index contributed by atoms with van der Waals surface area (Å²) in [5.41, 5.74) is 15.0. The minimum absolute atomic E-state index is 0.291. The Morgan fingerprint density at radius 2 is 2.39 bits per heavy atom. The fourth-order valence-electron chi connectivity index (χ4n) is 1.27. The average molecular weight is 244 g/mol. The lowest BCUT2D eigenvalue weighted by molar-refractivity contribution is 0.0602. The van der Waals surface area contributed by atoms with E-state index < -0.39 is 5.97 Å². The summed E-state index contributed by atoms with van der Waals surface area (Å²) in [7, 11) is 1.29. The van der Waals surface area contributed by atoms with Gasteiger partial charge in [-0.3, -0.25) is 0 Å². The highest BCUT2D eigenvalue weighted by Gasteiger charge is 2.11. The molecule has 0 radical (unpaired) electrons. The van der Waals surface area contributed by atoms with E-state index in [4.69, 9.17) is 11.3 Å². The fourth-order valence-corrected chi connectivity index (χ4v) is 1.27. The highest BCUT2D eigenvalue weighted by atomic mass is 16.5. The number of carbonyl (C=O) groups is 1. The van der Waals surface area contributed by atoms with Gasteiger partial charge in [0, 0.05) is 23.4 Å². The van der Waals surface area contributed by atoms with Crippen LogP contribution in [0.3, 0.4) is 0 Å². The molecule has 0 saturated heterocycles. The smallest absolute Gasteiger partial charge is 0.339 e. The molecular weight excluding hydrogens is 232 g/mol.